The number of carboxylic acid groups (broad SMARTS) is 1. The second-order valence-electron chi connectivity index (χ2n) is 7.48. The van der Waals surface area contributed by atoms with Gasteiger partial charge in [0.1, 0.15) is 0 Å². The molecular formula is C17H32N2O4S. The topological polar surface area (TPSA) is 86.7 Å². The van der Waals surface area contributed by atoms with E-state index < -0.39 is 26.5 Å². The first kappa shape index (κ1) is 21.0. The number of nitrogens with one attached hydrogen (secondary N) is 1. The van der Waals surface area contributed by atoms with E-state index in [9.17, 15) is 18.3 Å². The highest BCUT2D eigenvalue weighted by Gasteiger charge is 2.63. The minimum atomic E-state index is -3.70. The van der Waals surface area contributed by atoms with Crippen molar-refractivity contribution in [3.63, 3.8) is 0 Å². The zero-order valence-corrected chi connectivity index (χ0v) is 16.0. The molecule has 1 rings (SSSR count). The molecule has 7 heteroatoms. The molecule has 1 amide bonds. The molecule has 0 bridgehead atoms. The number of amides is 1. The van der Waals surface area contributed by atoms with Gasteiger partial charge < -0.3 is 5.11 Å². The molecule has 1 saturated carbocycles. The molecule has 0 spiro atoms. The minimum Gasteiger partial charge on any atom is -0.465 e. The number of sulfonamides is 1. The molecule has 0 radical (unpaired) electrons. The van der Waals surface area contributed by atoms with Gasteiger partial charge in [-0.1, -0.05) is 25.3 Å². The zero-order chi connectivity index (χ0) is 18.4. The van der Waals surface area contributed by atoms with Crippen LogP contribution in [0.15, 0.2) is 12.7 Å². The maximum Gasteiger partial charge on any atom is 0.409 e. The largest absolute Gasteiger partial charge is 0.465 e. The van der Waals surface area contributed by atoms with E-state index >= 15 is 0 Å². The van der Waals surface area contributed by atoms with Gasteiger partial charge in [0.05, 0.1) is 0 Å². The minimum absolute atomic E-state index is 0.355. The van der Waals surface area contributed by atoms with Crippen molar-refractivity contribution >= 4 is 16.1 Å². The Balaban J connectivity index is 2.53. The first-order chi connectivity index (χ1) is 11.1. The molecule has 0 atom stereocenters. The fraction of sp³-hybridized carbons (Fsp3) is 0.824. The Bertz CT molecular complexity index is 533. The third-order valence-corrected chi connectivity index (χ3v) is 6.50. The number of carbonyl (C=O) groups is 1. The zero-order valence-electron chi connectivity index (χ0n) is 15.2. The fourth-order valence-corrected chi connectivity index (χ4v) is 4.99. The molecular weight excluding hydrogens is 328 g/mol. The van der Waals surface area contributed by atoms with Crippen molar-refractivity contribution in [1.82, 2.24) is 9.62 Å². The van der Waals surface area contributed by atoms with Gasteiger partial charge in [-0.25, -0.2) is 17.9 Å². The van der Waals surface area contributed by atoms with Gasteiger partial charge in [-0.05, 0) is 52.9 Å². The van der Waals surface area contributed by atoms with Gasteiger partial charge in [0.2, 0.25) is 10.0 Å². The average molecular weight is 361 g/mol. The van der Waals surface area contributed by atoms with Gasteiger partial charge in [0.25, 0.3) is 0 Å². The summed E-state index contributed by atoms with van der Waals surface area (Å²) in [6, 6.07) is 0. The van der Waals surface area contributed by atoms with Crippen LogP contribution in [0.4, 0.5) is 4.79 Å². The van der Waals surface area contributed by atoms with Crippen LogP contribution in [0.3, 0.4) is 0 Å². The molecule has 0 aromatic carbocycles. The van der Waals surface area contributed by atoms with Crippen LogP contribution >= 0.6 is 0 Å². The Labute approximate surface area is 146 Å². The fourth-order valence-electron chi connectivity index (χ4n) is 3.08. The van der Waals surface area contributed by atoms with Crippen LogP contribution < -0.4 is 4.72 Å². The lowest BCUT2D eigenvalue weighted by molar-refractivity contribution is 0.0839. The van der Waals surface area contributed by atoms with Crippen LogP contribution in [0.25, 0.3) is 0 Å². The molecule has 140 valence electrons. The van der Waals surface area contributed by atoms with Crippen molar-refractivity contribution in [3.8, 4) is 0 Å². The van der Waals surface area contributed by atoms with Crippen molar-refractivity contribution in [2.45, 2.75) is 82.5 Å². The van der Waals surface area contributed by atoms with Crippen LogP contribution in [-0.4, -0.2) is 41.5 Å². The van der Waals surface area contributed by atoms with Crippen LogP contribution in [0.5, 0.6) is 0 Å². The summed E-state index contributed by atoms with van der Waals surface area (Å²) in [4.78, 5) is 11.4. The van der Waals surface area contributed by atoms with E-state index in [4.69, 9.17) is 0 Å². The van der Waals surface area contributed by atoms with E-state index in [1.165, 1.54) is 0 Å². The smallest absolute Gasteiger partial charge is 0.409 e. The maximum absolute atomic E-state index is 12.7. The van der Waals surface area contributed by atoms with Gasteiger partial charge in [-0.15, -0.1) is 6.58 Å². The molecule has 0 aliphatic heterocycles. The quantitative estimate of drug-likeness (QED) is 0.434. The van der Waals surface area contributed by atoms with E-state index in [0.717, 1.165) is 43.4 Å². The predicted octanol–water partition coefficient (Wildman–Crippen LogP) is 3.70. The lowest BCUT2D eigenvalue weighted by Gasteiger charge is -2.39. The number of rotatable bonds is 11. The Morgan fingerprint density at radius 2 is 1.75 bits per heavy atom. The maximum atomic E-state index is 12.7. The highest BCUT2D eigenvalue weighted by Crippen LogP contribution is 2.49. The summed E-state index contributed by atoms with van der Waals surface area (Å²) < 4.78 is 27.9. The molecule has 0 aromatic heterocycles. The van der Waals surface area contributed by atoms with Crippen LogP contribution in [0, 0.1) is 0 Å². The normalized spacial score (nSPS) is 16.6. The first-order valence-corrected chi connectivity index (χ1v) is 10.2. The monoisotopic (exact) mass is 360 g/mol. The molecule has 6 nitrogen and oxygen atoms in total. The van der Waals surface area contributed by atoms with E-state index in [-0.39, 0.29) is 0 Å². The summed E-state index contributed by atoms with van der Waals surface area (Å²) in [6.45, 7) is 9.22. The number of hydrogen-bond acceptors (Lipinski definition) is 3. The molecule has 0 aromatic rings. The second-order valence-corrected chi connectivity index (χ2v) is 9.53. The van der Waals surface area contributed by atoms with Crippen LogP contribution in [-0.2, 0) is 10.0 Å². The molecule has 1 aliphatic carbocycles. The van der Waals surface area contributed by atoms with Crippen molar-refractivity contribution in [2.75, 3.05) is 6.54 Å². The number of allylic oxidation sites excluding steroid dienone is 1. The Kier molecular flexibility index (Phi) is 7.28. The molecule has 24 heavy (non-hydrogen) atoms. The lowest BCUT2D eigenvalue weighted by Crippen LogP contribution is -2.58. The lowest BCUT2D eigenvalue weighted by atomic mass is 10.1. The van der Waals surface area contributed by atoms with Gasteiger partial charge >= 0.3 is 6.09 Å². The Morgan fingerprint density at radius 3 is 2.21 bits per heavy atom. The van der Waals surface area contributed by atoms with Crippen LogP contribution in [0.2, 0.25) is 0 Å². The first-order valence-electron chi connectivity index (χ1n) is 8.72. The summed E-state index contributed by atoms with van der Waals surface area (Å²) in [5.41, 5.74) is -0.762. The molecule has 0 unspecified atom stereocenters. The van der Waals surface area contributed by atoms with Gasteiger partial charge in [0, 0.05) is 12.1 Å². The van der Waals surface area contributed by atoms with Crippen molar-refractivity contribution in [2.24, 2.45) is 0 Å². The number of unbranched alkanes of at least 4 members (excludes halogenated alkanes) is 5. The van der Waals surface area contributed by atoms with Crippen molar-refractivity contribution < 1.29 is 18.3 Å². The Hall–Kier alpha value is -1.08. The van der Waals surface area contributed by atoms with Gasteiger partial charge in [-0.3, -0.25) is 4.90 Å². The summed E-state index contributed by atoms with van der Waals surface area (Å²) >= 11 is 0. The van der Waals surface area contributed by atoms with E-state index in [0.29, 0.717) is 19.4 Å². The average Bonchev–Trinajstić information content (AvgIpc) is 3.21. The van der Waals surface area contributed by atoms with Crippen molar-refractivity contribution in [1.29, 1.82) is 0 Å². The van der Waals surface area contributed by atoms with E-state index in [1.807, 2.05) is 6.08 Å². The SMILES string of the molecule is C=CCCCCCCCNS(=O)(=O)C1(N(C(=O)O)C(C)(C)C)CC1. The van der Waals surface area contributed by atoms with Gasteiger partial charge in [-0.2, -0.15) is 0 Å². The summed E-state index contributed by atoms with van der Waals surface area (Å²) in [6.07, 6.45) is 7.51. The summed E-state index contributed by atoms with van der Waals surface area (Å²) in [5.74, 6) is 0. The molecule has 0 saturated heterocycles. The van der Waals surface area contributed by atoms with Crippen LogP contribution in [0.1, 0.15) is 72.1 Å². The summed E-state index contributed by atoms with van der Waals surface area (Å²) in [5, 5.41) is 9.49. The van der Waals surface area contributed by atoms with E-state index in [1.54, 1.807) is 20.8 Å². The summed E-state index contributed by atoms with van der Waals surface area (Å²) in [7, 11) is -3.70. The van der Waals surface area contributed by atoms with Gasteiger partial charge in [0.15, 0.2) is 4.87 Å². The molecule has 2 N–H and O–H groups in total. The molecule has 0 heterocycles. The van der Waals surface area contributed by atoms with Crippen molar-refractivity contribution in [3.05, 3.63) is 12.7 Å². The standard InChI is InChI=1S/C17H32N2O4S/c1-5-6-7-8-9-10-11-14-18-24(22,23)17(12-13-17)19(15(20)21)16(2,3)4/h5,18H,1,6-14H2,2-4H3,(H,20,21). The number of nitrogens with zero attached hydrogens (tertiary/aromatic N) is 1. The number of hydrogen-bond donors (Lipinski definition) is 2. The highest BCUT2D eigenvalue weighted by atomic mass is 32.2. The second kappa shape index (κ2) is 8.34. The van der Waals surface area contributed by atoms with E-state index in [2.05, 4.69) is 11.3 Å². The third kappa shape index (κ3) is 5.21. The highest BCUT2D eigenvalue weighted by molar-refractivity contribution is 7.91. The Morgan fingerprint density at radius 1 is 1.21 bits per heavy atom. The molecule has 1 aliphatic rings. The molecule has 1 fully saturated rings. The third-order valence-electron chi connectivity index (χ3n) is 4.32. The predicted molar refractivity (Wildman–Crippen MR) is 96.4 cm³/mol.